The number of carbonyl (C=O) groups excluding carboxylic acids is 1. The average Bonchev–Trinajstić information content (AvgIpc) is 2.58. The van der Waals surface area contributed by atoms with E-state index in [2.05, 4.69) is 4.74 Å². The summed E-state index contributed by atoms with van der Waals surface area (Å²) in [5, 5.41) is 21.6. The lowest BCUT2D eigenvalue weighted by molar-refractivity contribution is -0.274. The monoisotopic (exact) mass is 434 g/mol. The number of hydrogen-bond acceptors (Lipinski definition) is 6. The van der Waals surface area contributed by atoms with Gasteiger partial charge in [0.1, 0.15) is 5.75 Å². The van der Waals surface area contributed by atoms with Crippen LogP contribution in [0.5, 0.6) is 5.75 Å². The molecule has 0 bridgehead atoms. The van der Waals surface area contributed by atoms with Gasteiger partial charge in [-0.05, 0) is 38.3 Å². The zero-order valence-electron chi connectivity index (χ0n) is 16.9. The third kappa shape index (κ3) is 6.56. The minimum absolute atomic E-state index is 0.132. The molecule has 0 spiro atoms. The lowest BCUT2D eigenvalue weighted by Crippen LogP contribution is -2.54. The first-order valence-corrected chi connectivity index (χ1v) is 9.75. The van der Waals surface area contributed by atoms with E-state index >= 15 is 0 Å². The van der Waals surface area contributed by atoms with Gasteiger partial charge >= 0.3 is 6.36 Å². The lowest BCUT2D eigenvalue weighted by atomic mass is 9.73. The van der Waals surface area contributed by atoms with Crippen LogP contribution < -0.4 is 16.2 Å². The summed E-state index contributed by atoms with van der Waals surface area (Å²) < 4.78 is 47.4. The Labute approximate surface area is 173 Å². The summed E-state index contributed by atoms with van der Waals surface area (Å²) in [6, 6.07) is 4.47. The van der Waals surface area contributed by atoms with Gasteiger partial charge in [0.05, 0.1) is 29.8 Å². The Bertz CT molecular complexity index is 721. The summed E-state index contributed by atoms with van der Waals surface area (Å²) in [5.41, 5.74) is 10.2. The van der Waals surface area contributed by atoms with Gasteiger partial charge < -0.3 is 31.2 Å². The maximum Gasteiger partial charge on any atom is 0.573 e. The quantitative estimate of drug-likeness (QED) is 0.492. The first-order valence-electron chi connectivity index (χ1n) is 9.75. The van der Waals surface area contributed by atoms with Crippen LogP contribution in [-0.4, -0.2) is 52.4 Å². The lowest BCUT2D eigenvalue weighted by Gasteiger charge is -2.43. The van der Waals surface area contributed by atoms with Crippen LogP contribution in [0.25, 0.3) is 0 Å². The van der Waals surface area contributed by atoms with Crippen LogP contribution in [0, 0.1) is 5.92 Å². The van der Waals surface area contributed by atoms with Crippen molar-refractivity contribution in [2.24, 2.45) is 17.4 Å². The number of primary amides is 1. The van der Waals surface area contributed by atoms with Crippen LogP contribution in [0.15, 0.2) is 24.3 Å². The Morgan fingerprint density at radius 2 is 1.87 bits per heavy atom. The Morgan fingerprint density at radius 3 is 2.40 bits per heavy atom. The highest BCUT2D eigenvalue weighted by Crippen LogP contribution is 2.37. The topological polar surface area (TPSA) is 128 Å². The highest BCUT2D eigenvalue weighted by Gasteiger charge is 2.46. The molecule has 6 N–H and O–H groups in total. The van der Waals surface area contributed by atoms with Gasteiger partial charge in [-0.25, -0.2) is 0 Å². The molecule has 1 aromatic carbocycles. The standard InChI is InChI=1S/C20H29F3N2O5/c1-11-9-19(28,10-12(2)29-11)14(18(25)27)8-16(26)15(24)7-13-5-3-4-6-17(13)30-20(21,22)23/h3-6,11-12,14-16,26,28H,7-10,24H2,1-2H3,(H2,25,27). The molecule has 170 valence electrons. The number of amides is 1. The molecule has 10 heteroatoms. The molecule has 1 aliphatic heterocycles. The number of nitrogens with two attached hydrogens (primary N) is 2. The van der Waals surface area contributed by atoms with Crippen LogP contribution >= 0.6 is 0 Å². The minimum atomic E-state index is -4.87. The third-order valence-electron chi connectivity index (χ3n) is 5.36. The fraction of sp³-hybridized carbons (Fsp3) is 0.650. The molecule has 0 saturated carbocycles. The third-order valence-corrected chi connectivity index (χ3v) is 5.36. The molecular weight excluding hydrogens is 405 g/mol. The molecule has 5 atom stereocenters. The van der Waals surface area contributed by atoms with E-state index in [-0.39, 0.29) is 43.5 Å². The highest BCUT2D eigenvalue weighted by atomic mass is 19.4. The van der Waals surface area contributed by atoms with Crippen LogP contribution in [0.1, 0.15) is 38.7 Å². The van der Waals surface area contributed by atoms with Gasteiger partial charge in [0, 0.05) is 18.9 Å². The number of benzene rings is 1. The number of alkyl halides is 3. The van der Waals surface area contributed by atoms with Crippen molar-refractivity contribution in [3.63, 3.8) is 0 Å². The SMILES string of the molecule is CC1CC(O)(C(CC(O)C(N)Cc2ccccc2OC(F)(F)F)C(N)=O)CC(C)O1. The number of rotatable bonds is 8. The predicted octanol–water partition coefficient (Wildman–Crippen LogP) is 1.63. The molecule has 0 aliphatic carbocycles. The second-order valence-electron chi connectivity index (χ2n) is 8.05. The molecule has 1 aliphatic rings. The first-order chi connectivity index (χ1) is 13.8. The van der Waals surface area contributed by atoms with Gasteiger partial charge in [0.25, 0.3) is 0 Å². The predicted molar refractivity (Wildman–Crippen MR) is 102 cm³/mol. The van der Waals surface area contributed by atoms with Crippen molar-refractivity contribution in [2.75, 3.05) is 0 Å². The van der Waals surface area contributed by atoms with Crippen molar-refractivity contribution in [2.45, 2.75) is 75.8 Å². The highest BCUT2D eigenvalue weighted by molar-refractivity contribution is 5.78. The zero-order chi connectivity index (χ0) is 22.7. The maximum absolute atomic E-state index is 12.6. The molecular formula is C20H29F3N2O5. The summed E-state index contributed by atoms with van der Waals surface area (Å²) in [4.78, 5) is 12.1. The van der Waals surface area contributed by atoms with Gasteiger partial charge in [-0.1, -0.05) is 18.2 Å². The molecule has 0 aromatic heterocycles. The minimum Gasteiger partial charge on any atom is -0.406 e. The van der Waals surface area contributed by atoms with Crippen LogP contribution in [0.2, 0.25) is 0 Å². The molecule has 30 heavy (non-hydrogen) atoms. The van der Waals surface area contributed by atoms with Crippen molar-refractivity contribution >= 4 is 5.91 Å². The zero-order valence-corrected chi connectivity index (χ0v) is 16.9. The van der Waals surface area contributed by atoms with Crippen molar-refractivity contribution in [1.29, 1.82) is 0 Å². The molecule has 1 saturated heterocycles. The number of ether oxygens (including phenoxy) is 2. The van der Waals surface area contributed by atoms with Crippen molar-refractivity contribution in [3.8, 4) is 5.75 Å². The number of aliphatic hydroxyl groups is 2. The Morgan fingerprint density at radius 1 is 1.30 bits per heavy atom. The van der Waals surface area contributed by atoms with Crippen molar-refractivity contribution < 1.29 is 37.7 Å². The van der Waals surface area contributed by atoms with Crippen molar-refractivity contribution in [1.82, 2.24) is 0 Å². The second kappa shape index (κ2) is 9.51. The van der Waals surface area contributed by atoms with Gasteiger partial charge in [-0.2, -0.15) is 0 Å². The van der Waals surface area contributed by atoms with Gasteiger partial charge in [0.15, 0.2) is 0 Å². The fourth-order valence-corrected chi connectivity index (χ4v) is 4.16. The molecule has 1 heterocycles. The van der Waals surface area contributed by atoms with Crippen LogP contribution in [0.4, 0.5) is 13.2 Å². The van der Waals surface area contributed by atoms with E-state index in [9.17, 15) is 28.2 Å². The molecule has 7 nitrogen and oxygen atoms in total. The van der Waals surface area contributed by atoms with Crippen molar-refractivity contribution in [3.05, 3.63) is 29.8 Å². The Kier molecular flexibility index (Phi) is 7.73. The summed E-state index contributed by atoms with van der Waals surface area (Å²) in [7, 11) is 0. The second-order valence-corrected chi connectivity index (χ2v) is 8.05. The summed E-state index contributed by atoms with van der Waals surface area (Å²) >= 11 is 0. The summed E-state index contributed by atoms with van der Waals surface area (Å²) in [6.45, 7) is 3.52. The Hall–Kier alpha value is -1.88. The number of hydrogen-bond donors (Lipinski definition) is 4. The number of halogens is 3. The van der Waals surface area contributed by atoms with Crippen LogP contribution in [0.3, 0.4) is 0 Å². The largest absolute Gasteiger partial charge is 0.573 e. The first kappa shape index (κ1) is 24.4. The van der Waals surface area contributed by atoms with E-state index in [1.807, 2.05) is 0 Å². The van der Waals surface area contributed by atoms with E-state index in [4.69, 9.17) is 16.2 Å². The van der Waals surface area contributed by atoms with E-state index < -0.39 is 41.7 Å². The van der Waals surface area contributed by atoms with Crippen LogP contribution in [-0.2, 0) is 16.0 Å². The number of para-hydroxylation sites is 1. The number of carbonyl (C=O) groups is 1. The summed E-state index contributed by atoms with van der Waals surface area (Å²) in [6.07, 6.45) is -6.81. The van der Waals surface area contributed by atoms with Gasteiger partial charge in [-0.15, -0.1) is 13.2 Å². The fourth-order valence-electron chi connectivity index (χ4n) is 4.16. The van der Waals surface area contributed by atoms with Gasteiger partial charge in [0.2, 0.25) is 5.91 Å². The van der Waals surface area contributed by atoms with E-state index in [1.54, 1.807) is 13.8 Å². The molecule has 1 aromatic rings. The van der Waals surface area contributed by atoms with E-state index in [0.29, 0.717) is 0 Å². The van der Waals surface area contributed by atoms with E-state index in [1.165, 1.54) is 18.2 Å². The molecule has 1 amide bonds. The van der Waals surface area contributed by atoms with E-state index in [0.717, 1.165) is 6.07 Å². The summed E-state index contributed by atoms with van der Waals surface area (Å²) in [5.74, 6) is -2.29. The van der Waals surface area contributed by atoms with Gasteiger partial charge in [-0.3, -0.25) is 4.79 Å². The molecule has 2 rings (SSSR count). The smallest absolute Gasteiger partial charge is 0.406 e. The molecule has 1 fully saturated rings. The normalized spacial score (nSPS) is 27.9. The maximum atomic E-state index is 12.6. The molecule has 0 radical (unpaired) electrons. The average molecular weight is 434 g/mol. The number of aliphatic hydroxyl groups excluding tert-OH is 1. The molecule has 5 unspecified atom stereocenters. The Balaban J connectivity index is 2.12.